The smallest absolute Gasteiger partial charge is 0.0162 e. The molecule has 0 unspecified atom stereocenters. The molecule has 0 aromatic heterocycles. The van der Waals surface area contributed by atoms with E-state index in [9.17, 15) is 0 Å². The van der Waals surface area contributed by atoms with Crippen LogP contribution in [0.1, 0.15) is 83.8 Å². The number of hydrogen-bond donors (Lipinski definition) is 0. The first kappa shape index (κ1) is 18.0. The van der Waals surface area contributed by atoms with Crippen LogP contribution >= 0.6 is 0 Å². The van der Waals surface area contributed by atoms with Crippen molar-refractivity contribution in [1.82, 2.24) is 0 Å². The second-order valence-corrected chi connectivity index (χ2v) is 5.03. The molecule has 1 aromatic carbocycles. The maximum absolute atomic E-state index is 4.03. The molecule has 1 atom stereocenters. The summed E-state index contributed by atoms with van der Waals surface area (Å²) in [5, 5.41) is 0. The van der Waals surface area contributed by atoms with Crippen LogP contribution in [0.3, 0.4) is 0 Å². The molecule has 0 N–H and O–H groups in total. The van der Waals surface area contributed by atoms with Crippen molar-refractivity contribution in [2.75, 3.05) is 0 Å². The zero-order valence-corrected chi connectivity index (χ0v) is 13.6. The summed E-state index contributed by atoms with van der Waals surface area (Å²) >= 11 is 0. The molecular formula is C19H32. The number of benzene rings is 1. The summed E-state index contributed by atoms with van der Waals surface area (Å²) in [6, 6.07) is 8.95. The summed E-state index contributed by atoms with van der Waals surface area (Å²) in [6.07, 6.45) is 6.53. The Morgan fingerprint density at radius 1 is 1.11 bits per heavy atom. The van der Waals surface area contributed by atoms with E-state index in [0.29, 0.717) is 0 Å². The number of unbranched alkanes of at least 4 members (excludes halogenated alkanes) is 1. The Morgan fingerprint density at radius 3 is 2.32 bits per heavy atom. The molecule has 0 aliphatic rings. The Bertz CT molecular complexity index is 349. The second kappa shape index (κ2) is 10.8. The molecule has 0 heteroatoms. The van der Waals surface area contributed by atoms with E-state index in [-0.39, 0.29) is 0 Å². The molecule has 19 heavy (non-hydrogen) atoms. The van der Waals surface area contributed by atoms with E-state index >= 15 is 0 Å². The molecular weight excluding hydrogens is 228 g/mol. The lowest BCUT2D eigenvalue weighted by Gasteiger charge is -2.17. The van der Waals surface area contributed by atoms with E-state index in [2.05, 4.69) is 51.6 Å². The van der Waals surface area contributed by atoms with E-state index in [1.54, 1.807) is 0 Å². The van der Waals surface area contributed by atoms with Crippen molar-refractivity contribution in [3.8, 4) is 0 Å². The van der Waals surface area contributed by atoms with Crippen molar-refractivity contribution in [3.63, 3.8) is 0 Å². The third kappa shape index (κ3) is 6.61. The topological polar surface area (TPSA) is 0 Å². The molecule has 0 fully saturated rings. The first-order chi connectivity index (χ1) is 9.19. The highest BCUT2D eigenvalue weighted by Crippen LogP contribution is 2.28. The van der Waals surface area contributed by atoms with Crippen molar-refractivity contribution in [2.24, 2.45) is 0 Å². The Hall–Kier alpha value is -1.04. The molecule has 0 aliphatic heterocycles. The van der Waals surface area contributed by atoms with Crippen molar-refractivity contribution in [3.05, 3.63) is 42.0 Å². The second-order valence-electron chi connectivity index (χ2n) is 5.03. The van der Waals surface area contributed by atoms with Crippen LogP contribution in [0.5, 0.6) is 0 Å². The Kier molecular flexibility index (Phi) is 10.2. The van der Waals surface area contributed by atoms with Crippen LogP contribution in [0.4, 0.5) is 0 Å². The fraction of sp³-hybridized carbons (Fsp3) is 0.579. The molecule has 0 saturated heterocycles. The average molecular weight is 260 g/mol. The lowest BCUT2D eigenvalue weighted by Crippen LogP contribution is -1.99. The van der Waals surface area contributed by atoms with Crippen LogP contribution < -0.4 is 0 Å². The summed E-state index contributed by atoms with van der Waals surface area (Å²) in [5.41, 5.74) is 3.96. The van der Waals surface area contributed by atoms with Gasteiger partial charge in [0.25, 0.3) is 0 Å². The van der Waals surface area contributed by atoms with Gasteiger partial charge in [-0.3, -0.25) is 0 Å². The van der Waals surface area contributed by atoms with Gasteiger partial charge < -0.3 is 0 Å². The minimum atomic E-state index is 0.735. The van der Waals surface area contributed by atoms with Gasteiger partial charge in [-0.1, -0.05) is 83.4 Å². The summed E-state index contributed by atoms with van der Waals surface area (Å²) in [7, 11) is 0. The zero-order valence-electron chi connectivity index (χ0n) is 13.6. The van der Waals surface area contributed by atoms with Crippen LogP contribution in [-0.4, -0.2) is 0 Å². The largest absolute Gasteiger partial charge is 0.0955 e. The van der Waals surface area contributed by atoms with Crippen LogP contribution in [0.2, 0.25) is 0 Å². The third-order valence-electron chi connectivity index (χ3n) is 3.39. The Labute approximate surface area is 120 Å². The Morgan fingerprint density at radius 2 is 1.79 bits per heavy atom. The average Bonchev–Trinajstić information content (AvgIpc) is 2.45. The van der Waals surface area contributed by atoms with Gasteiger partial charge in [0, 0.05) is 0 Å². The van der Waals surface area contributed by atoms with Crippen LogP contribution in [0, 0.1) is 0 Å². The maximum Gasteiger partial charge on any atom is -0.0162 e. The maximum atomic E-state index is 4.03. The van der Waals surface area contributed by atoms with Crippen molar-refractivity contribution >= 4 is 5.57 Å². The Balaban J connectivity index is 0.00000154. The summed E-state index contributed by atoms with van der Waals surface area (Å²) in [6.45, 7) is 14.7. The SMILES string of the molecule is C=C(C)c1cccc([C@H](CCC)CCCC)c1.CC. The van der Waals surface area contributed by atoms with Crippen molar-refractivity contribution < 1.29 is 0 Å². The molecule has 0 heterocycles. The van der Waals surface area contributed by atoms with Gasteiger partial charge in [-0.2, -0.15) is 0 Å². The number of hydrogen-bond acceptors (Lipinski definition) is 0. The van der Waals surface area contributed by atoms with Gasteiger partial charge in [-0.15, -0.1) is 0 Å². The summed E-state index contributed by atoms with van der Waals surface area (Å²) < 4.78 is 0. The first-order valence-electron chi connectivity index (χ1n) is 7.94. The summed E-state index contributed by atoms with van der Waals surface area (Å²) in [4.78, 5) is 0. The van der Waals surface area contributed by atoms with E-state index in [1.165, 1.54) is 43.2 Å². The van der Waals surface area contributed by atoms with Gasteiger partial charge in [0.15, 0.2) is 0 Å². The molecule has 0 nitrogen and oxygen atoms in total. The number of rotatable bonds is 7. The van der Waals surface area contributed by atoms with Crippen molar-refractivity contribution in [2.45, 2.75) is 72.6 Å². The molecule has 1 rings (SSSR count). The standard InChI is InChI=1S/C17H26.C2H6/c1-5-7-10-15(9-6-2)17-12-8-11-16(13-17)14(3)4;1-2/h8,11-13,15H,3,5-7,9-10H2,1-2,4H3;1-2H3/t15-;/m1./s1. The van der Waals surface area contributed by atoms with E-state index < -0.39 is 0 Å². The van der Waals surface area contributed by atoms with Crippen LogP contribution in [-0.2, 0) is 0 Å². The zero-order chi connectivity index (χ0) is 14.7. The third-order valence-corrected chi connectivity index (χ3v) is 3.39. The van der Waals surface area contributed by atoms with Crippen molar-refractivity contribution in [1.29, 1.82) is 0 Å². The summed E-state index contributed by atoms with van der Waals surface area (Å²) in [5.74, 6) is 0.735. The van der Waals surface area contributed by atoms with Crippen LogP contribution in [0.25, 0.3) is 5.57 Å². The first-order valence-corrected chi connectivity index (χ1v) is 7.94. The lowest BCUT2D eigenvalue weighted by molar-refractivity contribution is 0.541. The molecule has 0 spiro atoms. The fourth-order valence-electron chi connectivity index (χ4n) is 2.33. The number of allylic oxidation sites excluding steroid dienone is 1. The lowest BCUT2D eigenvalue weighted by atomic mass is 9.88. The normalized spacial score (nSPS) is 11.4. The predicted octanol–water partition coefficient (Wildman–Crippen LogP) is 6.82. The molecule has 0 radical (unpaired) electrons. The highest BCUT2D eigenvalue weighted by molar-refractivity contribution is 5.61. The highest BCUT2D eigenvalue weighted by atomic mass is 14.2. The predicted molar refractivity (Wildman–Crippen MR) is 89.7 cm³/mol. The highest BCUT2D eigenvalue weighted by Gasteiger charge is 2.10. The molecule has 108 valence electrons. The van der Waals surface area contributed by atoms with Gasteiger partial charge in [-0.25, -0.2) is 0 Å². The molecule has 0 aliphatic carbocycles. The molecule has 0 bridgehead atoms. The molecule has 0 amide bonds. The fourth-order valence-corrected chi connectivity index (χ4v) is 2.33. The quantitative estimate of drug-likeness (QED) is 0.504. The van der Waals surface area contributed by atoms with Gasteiger partial charge in [0.05, 0.1) is 0 Å². The monoisotopic (exact) mass is 260 g/mol. The molecule has 1 aromatic rings. The van der Waals surface area contributed by atoms with E-state index in [1.807, 2.05) is 13.8 Å². The van der Waals surface area contributed by atoms with E-state index in [0.717, 1.165) is 11.5 Å². The van der Waals surface area contributed by atoms with Gasteiger partial charge in [-0.05, 0) is 36.8 Å². The van der Waals surface area contributed by atoms with Crippen LogP contribution in [0.15, 0.2) is 30.8 Å². The molecule has 0 saturated carbocycles. The minimum absolute atomic E-state index is 0.735. The van der Waals surface area contributed by atoms with Gasteiger partial charge in [0.1, 0.15) is 0 Å². The van der Waals surface area contributed by atoms with Gasteiger partial charge >= 0.3 is 0 Å². The van der Waals surface area contributed by atoms with Gasteiger partial charge in [0.2, 0.25) is 0 Å². The van der Waals surface area contributed by atoms with E-state index in [4.69, 9.17) is 0 Å². The minimum Gasteiger partial charge on any atom is -0.0955 e.